The molecule has 7 nitrogen and oxygen atoms in total. The van der Waals surface area contributed by atoms with Gasteiger partial charge in [-0.25, -0.2) is 4.99 Å². The van der Waals surface area contributed by atoms with Crippen LogP contribution in [0.4, 0.5) is 0 Å². The molecule has 0 bridgehead atoms. The average molecular weight is 536 g/mol. The number of ether oxygens (including phenoxy) is 2. The van der Waals surface area contributed by atoms with E-state index in [1.807, 2.05) is 32.0 Å². The van der Waals surface area contributed by atoms with E-state index in [0.717, 1.165) is 11.3 Å². The first kappa shape index (κ1) is 23.6. The van der Waals surface area contributed by atoms with Crippen LogP contribution in [0.5, 0.6) is 11.5 Å². The molecule has 0 aliphatic carbocycles. The molecule has 1 aromatic carbocycles. The molecular weight excluding hydrogens is 509 g/mol. The van der Waals surface area contributed by atoms with Crippen molar-refractivity contribution >= 4 is 41.5 Å². The fourth-order valence-corrected chi connectivity index (χ4v) is 3.12. The Morgan fingerprint density at radius 2 is 2.00 bits per heavy atom. The minimum absolute atomic E-state index is 0. The summed E-state index contributed by atoms with van der Waals surface area (Å²) in [6.45, 7) is 7.85. The van der Waals surface area contributed by atoms with E-state index in [9.17, 15) is 5.11 Å². The van der Waals surface area contributed by atoms with Crippen LogP contribution < -0.4 is 20.1 Å². The number of nitrogens with one attached hydrogen (secondary N) is 2. The minimum Gasteiger partial charge on any atom is -0.486 e. The Hall–Kier alpha value is -1.65. The zero-order valence-corrected chi connectivity index (χ0v) is 19.8. The highest BCUT2D eigenvalue weighted by atomic mass is 127. The molecule has 0 amide bonds. The average Bonchev–Trinajstić information content (AvgIpc) is 3.11. The zero-order chi connectivity index (χ0) is 20.1. The van der Waals surface area contributed by atoms with E-state index in [1.165, 1.54) is 0 Å². The summed E-state index contributed by atoms with van der Waals surface area (Å²) < 4.78 is 16.7. The molecular formula is C20H27ClIN3O4. The molecule has 160 valence electrons. The Morgan fingerprint density at radius 3 is 2.69 bits per heavy atom. The largest absolute Gasteiger partial charge is 0.486 e. The fraction of sp³-hybridized carbons (Fsp3) is 0.450. The van der Waals surface area contributed by atoms with Crippen molar-refractivity contribution in [1.29, 1.82) is 0 Å². The molecule has 1 unspecified atom stereocenters. The maximum atomic E-state index is 10.7. The van der Waals surface area contributed by atoms with Crippen LogP contribution in [-0.2, 0) is 12.1 Å². The highest BCUT2D eigenvalue weighted by molar-refractivity contribution is 14.0. The van der Waals surface area contributed by atoms with Gasteiger partial charge in [-0.3, -0.25) is 0 Å². The molecule has 1 aromatic heterocycles. The smallest absolute Gasteiger partial charge is 0.191 e. The van der Waals surface area contributed by atoms with E-state index in [2.05, 4.69) is 15.6 Å². The maximum absolute atomic E-state index is 10.7. The van der Waals surface area contributed by atoms with E-state index in [1.54, 1.807) is 13.0 Å². The van der Waals surface area contributed by atoms with E-state index in [4.69, 9.17) is 25.5 Å². The molecule has 1 atom stereocenters. The highest BCUT2D eigenvalue weighted by Crippen LogP contribution is 2.38. The quantitative estimate of drug-likeness (QED) is 0.298. The van der Waals surface area contributed by atoms with Crippen LogP contribution in [-0.4, -0.2) is 37.4 Å². The molecule has 3 N–H and O–H groups in total. The lowest BCUT2D eigenvalue weighted by atomic mass is 10.0. The van der Waals surface area contributed by atoms with Crippen molar-refractivity contribution in [1.82, 2.24) is 10.6 Å². The van der Waals surface area contributed by atoms with Gasteiger partial charge in [-0.1, -0.05) is 11.6 Å². The second kappa shape index (κ2) is 10.4. The third-order valence-electron chi connectivity index (χ3n) is 4.29. The number of aliphatic imine (C=N–C) groups is 1. The lowest BCUT2D eigenvalue weighted by molar-refractivity contribution is 0.0378. The third kappa shape index (κ3) is 6.16. The van der Waals surface area contributed by atoms with Crippen LogP contribution in [0.25, 0.3) is 0 Å². The first-order valence-corrected chi connectivity index (χ1v) is 9.66. The zero-order valence-electron chi connectivity index (χ0n) is 16.8. The number of hydrogen-bond acceptors (Lipinski definition) is 5. The van der Waals surface area contributed by atoms with Crippen LogP contribution in [0.3, 0.4) is 0 Å². The number of rotatable bonds is 6. The molecule has 0 spiro atoms. The Balaban J connectivity index is 0.00000300. The standard InChI is InChI=1S/C20H26ClN3O4.HI/c1-4-22-19(24-12-20(3,25)17-6-5-13(2)28-17)23-11-14-9-15(21)18-16(10-14)26-7-8-27-18;/h5-6,9-10,25H,4,7-8,11-12H2,1-3H3,(H2,22,23,24);1H. The van der Waals surface area contributed by atoms with Crippen molar-refractivity contribution in [2.45, 2.75) is 32.9 Å². The number of fused-ring (bicyclic) bond motifs is 1. The van der Waals surface area contributed by atoms with Gasteiger partial charge in [0.2, 0.25) is 0 Å². The summed E-state index contributed by atoms with van der Waals surface area (Å²) in [5.41, 5.74) is -0.259. The minimum atomic E-state index is -1.16. The van der Waals surface area contributed by atoms with Gasteiger partial charge in [0.15, 0.2) is 17.5 Å². The van der Waals surface area contributed by atoms with Gasteiger partial charge in [0.05, 0.1) is 18.1 Å². The number of halogens is 2. The topological polar surface area (TPSA) is 88.3 Å². The Bertz CT molecular complexity index is 854. The summed E-state index contributed by atoms with van der Waals surface area (Å²) in [6.07, 6.45) is 0. The first-order chi connectivity index (χ1) is 13.4. The van der Waals surface area contributed by atoms with E-state index in [-0.39, 0.29) is 30.5 Å². The molecule has 29 heavy (non-hydrogen) atoms. The highest BCUT2D eigenvalue weighted by Gasteiger charge is 2.27. The molecule has 1 aliphatic rings. The van der Waals surface area contributed by atoms with Gasteiger partial charge < -0.3 is 29.6 Å². The number of hydrogen-bond donors (Lipinski definition) is 3. The summed E-state index contributed by atoms with van der Waals surface area (Å²) in [5, 5.41) is 17.5. The van der Waals surface area contributed by atoms with E-state index < -0.39 is 5.60 Å². The van der Waals surface area contributed by atoms with Crippen LogP contribution >= 0.6 is 35.6 Å². The molecule has 3 rings (SSSR count). The van der Waals surface area contributed by atoms with Crippen molar-refractivity contribution < 1.29 is 19.0 Å². The Morgan fingerprint density at radius 1 is 1.24 bits per heavy atom. The Kier molecular flexibility index (Phi) is 8.47. The second-order valence-electron chi connectivity index (χ2n) is 6.83. The first-order valence-electron chi connectivity index (χ1n) is 9.28. The molecule has 0 saturated heterocycles. The van der Waals surface area contributed by atoms with Crippen molar-refractivity contribution in [3.8, 4) is 11.5 Å². The summed E-state index contributed by atoms with van der Waals surface area (Å²) in [7, 11) is 0. The van der Waals surface area contributed by atoms with Gasteiger partial charge in [-0.2, -0.15) is 0 Å². The summed E-state index contributed by atoms with van der Waals surface area (Å²) in [4.78, 5) is 4.57. The number of aryl methyl sites for hydroxylation is 1. The molecule has 2 heterocycles. The summed E-state index contributed by atoms with van der Waals surface area (Å²) >= 11 is 6.29. The number of furan rings is 1. The summed E-state index contributed by atoms with van der Waals surface area (Å²) in [6, 6.07) is 7.31. The predicted molar refractivity (Wildman–Crippen MR) is 124 cm³/mol. The number of benzene rings is 1. The van der Waals surface area contributed by atoms with Crippen LogP contribution in [0.15, 0.2) is 33.7 Å². The lowest BCUT2D eigenvalue weighted by Crippen LogP contribution is -2.44. The van der Waals surface area contributed by atoms with Crippen LogP contribution in [0.2, 0.25) is 5.02 Å². The number of guanidine groups is 1. The van der Waals surface area contributed by atoms with Crippen molar-refractivity contribution in [3.63, 3.8) is 0 Å². The number of nitrogens with zero attached hydrogens (tertiary/aromatic N) is 1. The van der Waals surface area contributed by atoms with Crippen molar-refractivity contribution in [3.05, 3.63) is 46.4 Å². The monoisotopic (exact) mass is 535 g/mol. The van der Waals surface area contributed by atoms with E-state index in [0.29, 0.717) is 54.5 Å². The maximum Gasteiger partial charge on any atom is 0.191 e. The van der Waals surface area contributed by atoms with Gasteiger partial charge in [0.1, 0.15) is 30.3 Å². The molecule has 9 heteroatoms. The van der Waals surface area contributed by atoms with Crippen LogP contribution in [0, 0.1) is 6.92 Å². The van der Waals surface area contributed by atoms with Gasteiger partial charge in [0.25, 0.3) is 0 Å². The molecule has 0 fully saturated rings. The molecule has 1 aliphatic heterocycles. The lowest BCUT2D eigenvalue weighted by Gasteiger charge is -2.23. The molecule has 0 saturated carbocycles. The van der Waals surface area contributed by atoms with Crippen molar-refractivity contribution in [2.24, 2.45) is 4.99 Å². The SMILES string of the molecule is CCNC(=NCc1cc(Cl)c2c(c1)OCCO2)NCC(C)(O)c1ccc(C)o1.I. The normalized spacial score (nSPS) is 15.3. The molecule has 2 aromatic rings. The second-order valence-corrected chi connectivity index (χ2v) is 7.24. The molecule has 0 radical (unpaired) electrons. The van der Waals surface area contributed by atoms with Crippen LogP contribution in [0.1, 0.15) is 30.9 Å². The fourth-order valence-electron chi connectivity index (χ4n) is 2.83. The Labute approximate surface area is 192 Å². The van der Waals surface area contributed by atoms with Gasteiger partial charge >= 0.3 is 0 Å². The third-order valence-corrected chi connectivity index (χ3v) is 4.57. The van der Waals surface area contributed by atoms with Gasteiger partial charge in [0, 0.05) is 6.54 Å². The van der Waals surface area contributed by atoms with Gasteiger partial charge in [-0.05, 0) is 50.6 Å². The predicted octanol–water partition coefficient (Wildman–Crippen LogP) is 3.59. The van der Waals surface area contributed by atoms with Crippen molar-refractivity contribution in [2.75, 3.05) is 26.3 Å². The van der Waals surface area contributed by atoms with E-state index >= 15 is 0 Å². The summed E-state index contributed by atoms with van der Waals surface area (Å²) in [5.74, 6) is 3.06. The number of aliphatic hydroxyl groups is 1. The van der Waals surface area contributed by atoms with Gasteiger partial charge in [-0.15, -0.1) is 24.0 Å².